The monoisotopic (exact) mass is 442 g/mol. The Kier molecular flexibility index (Phi) is 4.72. The average molecular weight is 443 g/mol. The Labute approximate surface area is 179 Å². The summed E-state index contributed by atoms with van der Waals surface area (Å²) >= 11 is 5.92. The van der Waals surface area contributed by atoms with Gasteiger partial charge in [0.2, 0.25) is 10.0 Å². The summed E-state index contributed by atoms with van der Waals surface area (Å²) in [6, 6.07) is 9.60. The topological polar surface area (TPSA) is 85.2 Å². The Hall–Kier alpha value is -2.55. The predicted octanol–water partition coefficient (Wildman–Crippen LogP) is 2.77. The number of sulfonamides is 1. The van der Waals surface area contributed by atoms with Crippen molar-refractivity contribution in [3.8, 4) is 11.1 Å². The molecule has 0 amide bonds. The lowest BCUT2D eigenvalue weighted by Crippen LogP contribution is -2.49. The first-order chi connectivity index (χ1) is 14.4. The van der Waals surface area contributed by atoms with Gasteiger partial charge in [-0.1, -0.05) is 11.6 Å². The number of aromatic nitrogens is 3. The molecule has 2 aromatic heterocycles. The van der Waals surface area contributed by atoms with E-state index in [1.807, 2.05) is 0 Å². The standard InChI is InChI=1S/C21H19ClN4O3S/c22-17-1-3-18(4-2-17)30(28,29)25-10-14-7-15(12-25)21-19(16-8-23-13-24-9-16)5-6-20(27)26(21)11-14/h1-6,8-9,13-15H,7,10-12H2. The molecule has 154 valence electrons. The molecule has 7 nitrogen and oxygen atoms in total. The molecule has 9 heteroatoms. The first kappa shape index (κ1) is 19.4. The van der Waals surface area contributed by atoms with Gasteiger partial charge in [-0.15, -0.1) is 0 Å². The molecule has 2 aliphatic rings. The summed E-state index contributed by atoms with van der Waals surface area (Å²) in [5.74, 6) is 0.00183. The van der Waals surface area contributed by atoms with Crippen molar-refractivity contribution in [2.24, 2.45) is 5.92 Å². The van der Waals surface area contributed by atoms with Crippen molar-refractivity contribution in [1.82, 2.24) is 18.8 Å². The molecule has 1 aromatic carbocycles. The Balaban J connectivity index is 1.57. The van der Waals surface area contributed by atoms with Crippen LogP contribution in [-0.4, -0.2) is 40.3 Å². The lowest BCUT2D eigenvalue weighted by atomic mass is 9.81. The van der Waals surface area contributed by atoms with E-state index in [1.54, 1.807) is 45.5 Å². The number of fused-ring (bicyclic) bond motifs is 4. The van der Waals surface area contributed by atoms with Gasteiger partial charge in [-0.2, -0.15) is 4.31 Å². The van der Waals surface area contributed by atoms with Crippen LogP contribution < -0.4 is 5.56 Å². The van der Waals surface area contributed by atoms with Crippen LogP contribution in [-0.2, 0) is 16.6 Å². The third kappa shape index (κ3) is 3.25. The van der Waals surface area contributed by atoms with Crippen molar-refractivity contribution < 1.29 is 8.42 Å². The number of hydrogen-bond donors (Lipinski definition) is 0. The summed E-state index contributed by atoms with van der Waals surface area (Å²) in [4.78, 5) is 21.0. The molecule has 4 heterocycles. The van der Waals surface area contributed by atoms with E-state index in [4.69, 9.17) is 11.6 Å². The molecule has 0 aliphatic carbocycles. The molecule has 1 saturated heterocycles. The summed E-state index contributed by atoms with van der Waals surface area (Å²) < 4.78 is 29.9. The van der Waals surface area contributed by atoms with Gasteiger partial charge in [0, 0.05) is 65.9 Å². The molecule has 2 unspecified atom stereocenters. The third-order valence-corrected chi connectivity index (χ3v) is 7.98. The molecule has 2 aliphatic heterocycles. The van der Waals surface area contributed by atoms with Gasteiger partial charge in [-0.3, -0.25) is 4.79 Å². The van der Waals surface area contributed by atoms with E-state index in [0.29, 0.717) is 24.7 Å². The summed E-state index contributed by atoms with van der Waals surface area (Å²) in [6.45, 7) is 1.22. The van der Waals surface area contributed by atoms with Gasteiger partial charge in [0.15, 0.2) is 0 Å². The molecule has 30 heavy (non-hydrogen) atoms. The zero-order chi connectivity index (χ0) is 20.9. The second-order valence-electron chi connectivity index (χ2n) is 7.78. The Morgan fingerprint density at radius 2 is 1.70 bits per heavy atom. The number of halogens is 1. The van der Waals surface area contributed by atoms with Gasteiger partial charge in [-0.25, -0.2) is 18.4 Å². The molecule has 0 N–H and O–H groups in total. The number of hydrogen-bond acceptors (Lipinski definition) is 5. The molecular weight excluding hydrogens is 424 g/mol. The number of rotatable bonds is 3. The van der Waals surface area contributed by atoms with Crippen LogP contribution in [0.3, 0.4) is 0 Å². The van der Waals surface area contributed by atoms with E-state index >= 15 is 0 Å². The predicted molar refractivity (Wildman–Crippen MR) is 113 cm³/mol. The number of benzene rings is 1. The molecule has 0 saturated carbocycles. The summed E-state index contributed by atoms with van der Waals surface area (Å²) in [5, 5.41) is 0.493. The van der Waals surface area contributed by atoms with E-state index < -0.39 is 10.0 Å². The van der Waals surface area contributed by atoms with Gasteiger partial charge in [-0.05, 0) is 42.7 Å². The van der Waals surface area contributed by atoms with Crippen molar-refractivity contribution in [2.45, 2.75) is 23.8 Å². The van der Waals surface area contributed by atoms with E-state index in [2.05, 4.69) is 9.97 Å². The molecule has 0 radical (unpaired) electrons. The Morgan fingerprint density at radius 1 is 0.967 bits per heavy atom. The van der Waals surface area contributed by atoms with E-state index in [0.717, 1.165) is 23.2 Å². The fraction of sp³-hybridized carbons (Fsp3) is 0.286. The van der Waals surface area contributed by atoms with Gasteiger partial charge < -0.3 is 4.57 Å². The smallest absolute Gasteiger partial charge is 0.250 e. The van der Waals surface area contributed by atoms with Crippen molar-refractivity contribution in [1.29, 1.82) is 0 Å². The largest absolute Gasteiger partial charge is 0.311 e. The number of nitrogens with zero attached hydrogens (tertiary/aromatic N) is 4. The normalized spacial score (nSPS) is 21.2. The molecular formula is C21H19ClN4O3S. The summed E-state index contributed by atoms with van der Waals surface area (Å²) in [6.07, 6.45) is 5.73. The van der Waals surface area contributed by atoms with Crippen LogP contribution in [0, 0.1) is 5.92 Å². The minimum absolute atomic E-state index is 0.0608. The fourth-order valence-corrected chi connectivity index (χ4v) is 6.29. The molecule has 3 aromatic rings. The van der Waals surface area contributed by atoms with E-state index in [1.165, 1.54) is 18.5 Å². The highest BCUT2D eigenvalue weighted by atomic mass is 35.5. The number of pyridine rings is 1. The molecule has 5 rings (SSSR count). The maximum absolute atomic E-state index is 13.3. The van der Waals surface area contributed by atoms with Gasteiger partial charge in [0.1, 0.15) is 6.33 Å². The highest BCUT2D eigenvalue weighted by Gasteiger charge is 2.40. The highest BCUT2D eigenvalue weighted by Crippen LogP contribution is 2.41. The van der Waals surface area contributed by atoms with E-state index in [-0.39, 0.29) is 22.3 Å². The van der Waals surface area contributed by atoms with Crippen LogP contribution in [0.1, 0.15) is 18.0 Å². The first-order valence-corrected chi connectivity index (χ1v) is 11.5. The second-order valence-corrected chi connectivity index (χ2v) is 10.2. The van der Waals surface area contributed by atoms with Crippen LogP contribution in [0.5, 0.6) is 0 Å². The van der Waals surface area contributed by atoms with Crippen LogP contribution >= 0.6 is 11.6 Å². The maximum atomic E-state index is 13.3. The lowest BCUT2D eigenvalue weighted by Gasteiger charge is -2.42. The van der Waals surface area contributed by atoms with Crippen LogP contribution in [0.15, 0.2) is 64.8 Å². The zero-order valence-electron chi connectivity index (χ0n) is 16.0. The van der Waals surface area contributed by atoms with Crippen molar-refractivity contribution >= 4 is 21.6 Å². The maximum Gasteiger partial charge on any atom is 0.250 e. The van der Waals surface area contributed by atoms with Crippen LogP contribution in [0.4, 0.5) is 0 Å². The molecule has 2 atom stereocenters. The highest BCUT2D eigenvalue weighted by molar-refractivity contribution is 7.89. The van der Waals surface area contributed by atoms with Crippen molar-refractivity contribution in [2.75, 3.05) is 13.1 Å². The van der Waals surface area contributed by atoms with E-state index in [9.17, 15) is 13.2 Å². The third-order valence-electron chi connectivity index (χ3n) is 5.88. The summed E-state index contributed by atoms with van der Waals surface area (Å²) in [5.41, 5.74) is 2.50. The SMILES string of the molecule is O=c1ccc(-c2cncnc2)c2n1CC1CC2CN(S(=O)(=O)c2ccc(Cl)cc2)C1. The number of piperidine rings is 1. The quantitative estimate of drug-likeness (QED) is 0.622. The minimum atomic E-state index is -3.65. The van der Waals surface area contributed by atoms with Crippen LogP contribution in [0.25, 0.3) is 11.1 Å². The molecule has 1 fully saturated rings. The van der Waals surface area contributed by atoms with Crippen molar-refractivity contribution in [3.63, 3.8) is 0 Å². The Morgan fingerprint density at radius 3 is 2.43 bits per heavy atom. The molecule has 0 spiro atoms. The lowest BCUT2D eigenvalue weighted by molar-refractivity contribution is 0.187. The molecule has 2 bridgehead atoms. The second kappa shape index (κ2) is 7.30. The van der Waals surface area contributed by atoms with Crippen LogP contribution in [0.2, 0.25) is 5.02 Å². The zero-order valence-corrected chi connectivity index (χ0v) is 17.6. The van der Waals surface area contributed by atoms with Gasteiger partial charge >= 0.3 is 0 Å². The Bertz CT molecular complexity index is 1260. The minimum Gasteiger partial charge on any atom is -0.311 e. The van der Waals surface area contributed by atoms with Gasteiger partial charge in [0.05, 0.1) is 4.90 Å². The fourth-order valence-electron chi connectivity index (χ4n) is 4.61. The average Bonchev–Trinajstić information content (AvgIpc) is 2.75. The first-order valence-electron chi connectivity index (χ1n) is 9.68. The van der Waals surface area contributed by atoms with Crippen molar-refractivity contribution in [3.05, 3.63) is 76.2 Å². The summed E-state index contributed by atoms with van der Waals surface area (Å²) in [7, 11) is -3.65. The van der Waals surface area contributed by atoms with Gasteiger partial charge in [0.25, 0.3) is 5.56 Å².